The molecule has 0 radical (unpaired) electrons. The van der Waals surface area contributed by atoms with Crippen molar-refractivity contribution >= 4 is 97.8 Å². The first-order valence-corrected chi connectivity index (χ1v) is 13.1. The zero-order chi connectivity index (χ0) is 23.8. The van der Waals surface area contributed by atoms with Crippen LogP contribution in [0.25, 0.3) is 52.5 Å². The molecule has 34 heavy (non-hydrogen) atoms. The number of thiophene rings is 4. The van der Waals surface area contributed by atoms with E-state index in [1.807, 2.05) is 36.4 Å². The molecule has 0 bridgehead atoms. The number of fused-ring (bicyclic) bond motifs is 6. The van der Waals surface area contributed by atoms with E-state index in [0.717, 1.165) is 52.6 Å². The number of benzene rings is 2. The predicted octanol–water partition coefficient (Wildman–Crippen LogP) is 10.8. The van der Waals surface area contributed by atoms with E-state index in [4.69, 9.17) is 0 Å². The van der Waals surface area contributed by atoms with Crippen LogP contribution in [0.1, 0.15) is 19.5 Å². The lowest BCUT2D eigenvalue weighted by molar-refractivity contribution is -0.135. The van der Waals surface area contributed by atoms with Crippen LogP contribution < -0.4 is 0 Å². The van der Waals surface area contributed by atoms with Gasteiger partial charge in [0, 0.05) is 50.1 Å². The largest absolute Gasteiger partial charge is 0.425 e. The molecule has 0 saturated heterocycles. The zero-order valence-electron chi connectivity index (χ0n) is 16.7. The van der Waals surface area contributed by atoms with Crippen LogP contribution >= 0.6 is 45.3 Å². The van der Waals surface area contributed by atoms with E-state index in [1.54, 1.807) is 12.1 Å². The fourth-order valence-electron chi connectivity index (χ4n) is 3.91. The lowest BCUT2D eigenvalue weighted by Gasteiger charge is -1.99. The number of alkyl halides is 6. The molecule has 2 aromatic carbocycles. The Balaban J connectivity index is 1.38. The highest BCUT2D eigenvalue weighted by Gasteiger charge is 2.34. The lowest BCUT2D eigenvalue weighted by Crippen LogP contribution is -2.00. The summed E-state index contributed by atoms with van der Waals surface area (Å²) in [5.74, 6) is 0. The second-order valence-corrected chi connectivity index (χ2v) is 12.0. The highest BCUT2D eigenvalue weighted by molar-refractivity contribution is 7.22. The maximum atomic E-state index is 13.1. The molecule has 0 nitrogen and oxygen atoms in total. The van der Waals surface area contributed by atoms with Gasteiger partial charge in [-0.25, -0.2) is 0 Å². The average molecular weight is 541 g/mol. The van der Waals surface area contributed by atoms with E-state index in [1.165, 1.54) is 34.8 Å². The highest BCUT2D eigenvalue weighted by atomic mass is 32.1. The SMILES string of the molecule is FC(F)(F)c1cc2c(ccc3sc(/C=C/c4cc5c(ccc6sc(C(F)(F)F)cc65)s4)cc32)s1. The number of hydrogen-bond donors (Lipinski definition) is 0. The molecule has 172 valence electrons. The van der Waals surface area contributed by atoms with Crippen molar-refractivity contribution in [2.24, 2.45) is 0 Å². The van der Waals surface area contributed by atoms with Crippen molar-refractivity contribution in [1.29, 1.82) is 0 Å². The second-order valence-electron chi connectivity index (χ2n) is 7.63. The Morgan fingerprint density at radius 2 is 0.794 bits per heavy atom. The summed E-state index contributed by atoms with van der Waals surface area (Å²) in [6.45, 7) is 0. The molecule has 0 N–H and O–H groups in total. The van der Waals surface area contributed by atoms with Crippen LogP contribution in [0.15, 0.2) is 48.5 Å². The number of halogens is 6. The van der Waals surface area contributed by atoms with Crippen molar-refractivity contribution < 1.29 is 26.3 Å². The van der Waals surface area contributed by atoms with Crippen LogP contribution in [0.4, 0.5) is 26.3 Å². The van der Waals surface area contributed by atoms with Gasteiger partial charge in [-0.05, 0) is 60.7 Å². The minimum absolute atomic E-state index is 0.591. The number of hydrogen-bond acceptors (Lipinski definition) is 4. The van der Waals surface area contributed by atoms with Gasteiger partial charge in [-0.1, -0.05) is 0 Å². The molecule has 0 atom stereocenters. The maximum absolute atomic E-state index is 13.1. The Labute approximate surface area is 204 Å². The summed E-state index contributed by atoms with van der Waals surface area (Å²) in [6, 6.07) is 13.3. The quantitative estimate of drug-likeness (QED) is 0.192. The van der Waals surface area contributed by atoms with Crippen LogP contribution in [0.3, 0.4) is 0 Å². The molecular formula is C24H10F6S4. The summed E-state index contributed by atoms with van der Waals surface area (Å²) in [7, 11) is 0. The smallest absolute Gasteiger partial charge is 0.165 e. The fourth-order valence-corrected chi connectivity index (χ4v) is 7.76. The van der Waals surface area contributed by atoms with Gasteiger partial charge >= 0.3 is 12.4 Å². The predicted molar refractivity (Wildman–Crippen MR) is 133 cm³/mol. The first-order valence-electron chi connectivity index (χ1n) is 9.81. The molecule has 4 heterocycles. The summed E-state index contributed by atoms with van der Waals surface area (Å²) in [5.41, 5.74) is 0. The molecular weight excluding hydrogens is 531 g/mol. The third kappa shape index (κ3) is 3.73. The van der Waals surface area contributed by atoms with Gasteiger partial charge in [0.1, 0.15) is 9.75 Å². The Kier molecular flexibility index (Phi) is 4.90. The fraction of sp³-hybridized carbons (Fsp3) is 0.0833. The van der Waals surface area contributed by atoms with Crippen molar-refractivity contribution in [1.82, 2.24) is 0 Å². The van der Waals surface area contributed by atoms with Crippen molar-refractivity contribution in [3.8, 4) is 0 Å². The standard InChI is InChI=1S/C24H10F6S4/c25-23(26,27)21-9-15-13-7-11(31-17(13)3-5-19(15)33-21)1-2-12-8-14-16-10-22(24(28,29)30)34-20(16)6-4-18(14)32-12/h1-10H/b2-1+. The minimum atomic E-state index is -4.37. The first-order chi connectivity index (χ1) is 16.1. The first kappa shape index (κ1) is 22.1. The molecule has 6 rings (SSSR count). The minimum Gasteiger partial charge on any atom is -0.165 e. The van der Waals surface area contributed by atoms with Crippen molar-refractivity contribution in [3.05, 3.63) is 68.0 Å². The summed E-state index contributed by atoms with van der Waals surface area (Å²) >= 11 is 4.44. The normalized spacial score (nSPS) is 13.5. The monoisotopic (exact) mass is 540 g/mol. The van der Waals surface area contributed by atoms with E-state index in [0.29, 0.717) is 20.2 Å². The van der Waals surface area contributed by atoms with Gasteiger partial charge < -0.3 is 0 Å². The maximum Gasteiger partial charge on any atom is 0.425 e. The molecule has 0 fully saturated rings. The van der Waals surface area contributed by atoms with Crippen LogP contribution in [0.2, 0.25) is 0 Å². The van der Waals surface area contributed by atoms with Crippen molar-refractivity contribution in [2.45, 2.75) is 12.4 Å². The van der Waals surface area contributed by atoms with Gasteiger partial charge in [-0.2, -0.15) is 26.3 Å². The summed E-state index contributed by atoms with van der Waals surface area (Å²) in [5, 5.41) is 2.75. The van der Waals surface area contributed by atoms with E-state index >= 15 is 0 Å². The molecule has 0 spiro atoms. The molecule has 10 heteroatoms. The van der Waals surface area contributed by atoms with Crippen molar-refractivity contribution in [3.63, 3.8) is 0 Å². The van der Waals surface area contributed by atoms with Gasteiger partial charge in [0.25, 0.3) is 0 Å². The summed E-state index contributed by atoms with van der Waals surface area (Å²) in [4.78, 5) is 0.550. The van der Waals surface area contributed by atoms with Gasteiger partial charge in [-0.15, -0.1) is 45.3 Å². The van der Waals surface area contributed by atoms with Crippen LogP contribution in [0, 0.1) is 0 Å². The van der Waals surface area contributed by atoms with E-state index < -0.39 is 22.1 Å². The topological polar surface area (TPSA) is 0 Å². The van der Waals surface area contributed by atoms with Crippen LogP contribution in [0.5, 0.6) is 0 Å². The third-order valence-electron chi connectivity index (χ3n) is 5.40. The van der Waals surface area contributed by atoms with Crippen LogP contribution in [-0.4, -0.2) is 0 Å². The van der Waals surface area contributed by atoms with Gasteiger partial charge in [0.2, 0.25) is 0 Å². The highest BCUT2D eigenvalue weighted by Crippen LogP contribution is 2.44. The molecule has 0 amide bonds. The van der Waals surface area contributed by atoms with Crippen LogP contribution in [-0.2, 0) is 12.4 Å². The third-order valence-corrected chi connectivity index (χ3v) is 9.83. The second kappa shape index (κ2) is 7.55. The Bertz CT molecular complexity index is 1610. The Morgan fingerprint density at radius 1 is 0.471 bits per heavy atom. The van der Waals surface area contributed by atoms with E-state index in [-0.39, 0.29) is 0 Å². The van der Waals surface area contributed by atoms with Gasteiger partial charge in [-0.3, -0.25) is 0 Å². The molecule has 0 aliphatic heterocycles. The number of rotatable bonds is 2. The van der Waals surface area contributed by atoms with Gasteiger partial charge in [0.05, 0.1) is 0 Å². The van der Waals surface area contributed by atoms with E-state index in [9.17, 15) is 26.3 Å². The average Bonchev–Trinajstić information content (AvgIpc) is 3.52. The molecule has 6 aromatic rings. The lowest BCUT2D eigenvalue weighted by atomic mass is 10.1. The zero-order valence-corrected chi connectivity index (χ0v) is 19.9. The van der Waals surface area contributed by atoms with E-state index in [2.05, 4.69) is 0 Å². The molecule has 0 saturated carbocycles. The molecule has 0 aliphatic rings. The van der Waals surface area contributed by atoms with Crippen molar-refractivity contribution in [2.75, 3.05) is 0 Å². The Morgan fingerprint density at radius 3 is 1.15 bits per heavy atom. The molecule has 0 unspecified atom stereocenters. The van der Waals surface area contributed by atoms with Gasteiger partial charge in [0.15, 0.2) is 0 Å². The summed E-state index contributed by atoms with van der Waals surface area (Å²) in [6.07, 6.45) is -4.95. The Hall–Kier alpha value is -2.40. The molecule has 0 aliphatic carbocycles. The molecule has 4 aromatic heterocycles. The summed E-state index contributed by atoms with van der Waals surface area (Å²) < 4.78 is 81.8.